The molecule has 1 rings (SSSR count). The fraction of sp³-hybridized carbons (Fsp3) is 0.769. The maximum atomic E-state index is 11.6. The molecule has 0 aromatic heterocycles. The van der Waals surface area contributed by atoms with Crippen LogP contribution in [0.4, 0.5) is 4.79 Å². The van der Waals surface area contributed by atoms with Gasteiger partial charge in [-0.2, -0.15) is 0 Å². The van der Waals surface area contributed by atoms with E-state index in [0.717, 1.165) is 6.42 Å². The molecular weight excluding hydrogens is 264 g/mol. The summed E-state index contributed by atoms with van der Waals surface area (Å²) in [6.45, 7) is 3.22. The molecule has 0 aliphatic carbocycles. The van der Waals surface area contributed by atoms with E-state index in [1.807, 2.05) is 6.92 Å². The van der Waals surface area contributed by atoms with Crippen LogP contribution in [0.1, 0.15) is 39.0 Å². The minimum Gasteiger partial charge on any atom is -0.481 e. The summed E-state index contributed by atoms with van der Waals surface area (Å²) < 4.78 is 5.24. The Bertz CT molecular complexity index is 353. The smallest absolute Gasteiger partial charge is 0.321 e. The van der Waals surface area contributed by atoms with Gasteiger partial charge in [0.05, 0.1) is 6.61 Å². The van der Waals surface area contributed by atoms with Gasteiger partial charge in [0.1, 0.15) is 0 Å². The quantitative estimate of drug-likeness (QED) is 0.603. The van der Waals surface area contributed by atoms with Gasteiger partial charge in [0.15, 0.2) is 0 Å². The second-order valence-corrected chi connectivity index (χ2v) is 5.03. The van der Waals surface area contributed by atoms with Crippen LogP contribution in [0, 0.1) is 5.92 Å². The lowest BCUT2D eigenvalue weighted by Gasteiger charge is -2.19. The highest BCUT2D eigenvalue weighted by Gasteiger charge is 2.23. The van der Waals surface area contributed by atoms with Crippen LogP contribution in [0.2, 0.25) is 0 Å². The molecule has 0 aromatic rings. The van der Waals surface area contributed by atoms with Crippen molar-refractivity contribution in [1.29, 1.82) is 0 Å². The van der Waals surface area contributed by atoms with E-state index in [1.54, 1.807) is 0 Å². The molecule has 7 nitrogen and oxygen atoms in total. The van der Waals surface area contributed by atoms with Crippen LogP contribution in [0.15, 0.2) is 0 Å². The molecule has 20 heavy (non-hydrogen) atoms. The van der Waals surface area contributed by atoms with Crippen molar-refractivity contribution in [3.8, 4) is 0 Å². The van der Waals surface area contributed by atoms with E-state index in [9.17, 15) is 14.4 Å². The summed E-state index contributed by atoms with van der Waals surface area (Å²) in [4.78, 5) is 33.3. The highest BCUT2D eigenvalue weighted by atomic mass is 16.5. The number of hydrogen-bond donors (Lipinski definition) is 3. The molecular formula is C13H22N2O5. The first kappa shape index (κ1) is 16.4. The minimum absolute atomic E-state index is 0.0399. The third kappa shape index (κ3) is 6.51. The lowest BCUT2D eigenvalue weighted by atomic mass is 10.0. The van der Waals surface area contributed by atoms with Crippen molar-refractivity contribution >= 4 is 17.9 Å². The van der Waals surface area contributed by atoms with Crippen LogP contribution >= 0.6 is 0 Å². The Morgan fingerprint density at radius 1 is 1.30 bits per heavy atom. The third-order valence-electron chi connectivity index (χ3n) is 3.33. The zero-order chi connectivity index (χ0) is 15.0. The Hall–Kier alpha value is -1.63. The molecule has 114 valence electrons. The van der Waals surface area contributed by atoms with Crippen LogP contribution in [-0.4, -0.2) is 42.3 Å². The van der Waals surface area contributed by atoms with E-state index in [1.165, 1.54) is 0 Å². The van der Waals surface area contributed by atoms with Gasteiger partial charge in [-0.3, -0.25) is 14.9 Å². The van der Waals surface area contributed by atoms with Crippen molar-refractivity contribution in [2.24, 2.45) is 5.92 Å². The third-order valence-corrected chi connectivity index (χ3v) is 3.33. The molecule has 1 aliphatic rings. The molecule has 0 bridgehead atoms. The number of amides is 3. The second-order valence-electron chi connectivity index (χ2n) is 5.03. The highest BCUT2D eigenvalue weighted by Crippen LogP contribution is 2.16. The van der Waals surface area contributed by atoms with Crippen LogP contribution in [0.5, 0.6) is 0 Å². The zero-order valence-corrected chi connectivity index (χ0v) is 11.7. The molecule has 0 radical (unpaired) electrons. The van der Waals surface area contributed by atoms with E-state index in [4.69, 9.17) is 9.84 Å². The zero-order valence-electron chi connectivity index (χ0n) is 11.7. The fourth-order valence-electron chi connectivity index (χ4n) is 2.06. The van der Waals surface area contributed by atoms with Gasteiger partial charge in [-0.1, -0.05) is 0 Å². The van der Waals surface area contributed by atoms with Crippen LogP contribution < -0.4 is 10.6 Å². The van der Waals surface area contributed by atoms with Crippen molar-refractivity contribution in [3.63, 3.8) is 0 Å². The number of carbonyl (C=O) groups is 3. The monoisotopic (exact) mass is 286 g/mol. The van der Waals surface area contributed by atoms with Crippen molar-refractivity contribution in [2.75, 3.05) is 13.2 Å². The molecule has 1 fully saturated rings. The summed E-state index contributed by atoms with van der Waals surface area (Å²) in [5.74, 6) is -0.982. The fourth-order valence-corrected chi connectivity index (χ4v) is 2.06. The summed E-state index contributed by atoms with van der Waals surface area (Å²) in [6.07, 6.45) is 1.99. The average molecular weight is 286 g/mol. The van der Waals surface area contributed by atoms with Gasteiger partial charge in [0.25, 0.3) is 0 Å². The number of aliphatic carboxylic acids is 1. The normalized spacial score (nSPS) is 19.4. The second kappa shape index (κ2) is 8.52. The van der Waals surface area contributed by atoms with Gasteiger partial charge in [-0.05, 0) is 26.2 Å². The summed E-state index contributed by atoms with van der Waals surface area (Å²) >= 11 is 0. The van der Waals surface area contributed by atoms with Gasteiger partial charge in [0, 0.05) is 31.4 Å². The van der Waals surface area contributed by atoms with Gasteiger partial charge in [0.2, 0.25) is 5.91 Å². The maximum absolute atomic E-state index is 11.6. The topological polar surface area (TPSA) is 105 Å². The Labute approximate surface area is 118 Å². The van der Waals surface area contributed by atoms with Crippen molar-refractivity contribution in [1.82, 2.24) is 10.6 Å². The van der Waals surface area contributed by atoms with Crippen LogP contribution in [0.3, 0.4) is 0 Å². The lowest BCUT2D eigenvalue weighted by molar-refractivity contribution is -0.137. The number of carboxylic acids is 1. The maximum Gasteiger partial charge on any atom is 0.321 e. The van der Waals surface area contributed by atoms with E-state index >= 15 is 0 Å². The number of hydrogen-bond acceptors (Lipinski definition) is 4. The number of unbranched alkanes of at least 4 members (excludes halogenated alkanes) is 1. The predicted octanol–water partition coefficient (Wildman–Crippen LogP) is 0.882. The van der Waals surface area contributed by atoms with Crippen molar-refractivity contribution in [2.45, 2.75) is 45.1 Å². The van der Waals surface area contributed by atoms with Gasteiger partial charge >= 0.3 is 12.0 Å². The number of urea groups is 1. The van der Waals surface area contributed by atoms with Gasteiger partial charge in [-0.25, -0.2) is 4.79 Å². The molecule has 1 saturated heterocycles. The number of carboxylic acid groups (broad SMARTS) is 1. The Morgan fingerprint density at radius 2 is 2.00 bits per heavy atom. The molecule has 0 saturated carbocycles. The number of rotatable bonds is 7. The summed E-state index contributed by atoms with van der Waals surface area (Å²) in [6, 6.07) is -0.551. The first-order valence-corrected chi connectivity index (χ1v) is 6.89. The summed E-state index contributed by atoms with van der Waals surface area (Å²) in [5.41, 5.74) is 0. The molecule has 0 spiro atoms. The largest absolute Gasteiger partial charge is 0.481 e. The van der Waals surface area contributed by atoms with E-state index in [-0.39, 0.29) is 30.7 Å². The first-order chi connectivity index (χ1) is 9.49. The Balaban J connectivity index is 2.14. The number of ether oxygens (including phenoxy) is 1. The number of imide groups is 1. The van der Waals surface area contributed by atoms with E-state index in [0.29, 0.717) is 26.1 Å². The SMILES string of the molecule is CC(NC(=O)NC(=O)CCCCC(=O)O)C1CCOC1. The Kier molecular flexibility index (Phi) is 7.00. The molecule has 2 unspecified atom stereocenters. The number of carbonyl (C=O) groups excluding carboxylic acids is 2. The summed E-state index contributed by atoms with van der Waals surface area (Å²) in [5, 5.41) is 13.4. The molecule has 2 atom stereocenters. The Morgan fingerprint density at radius 3 is 2.60 bits per heavy atom. The highest BCUT2D eigenvalue weighted by molar-refractivity contribution is 5.94. The van der Waals surface area contributed by atoms with Crippen LogP contribution in [0.25, 0.3) is 0 Å². The molecule has 7 heteroatoms. The molecule has 1 aliphatic heterocycles. The minimum atomic E-state index is -0.879. The lowest BCUT2D eigenvalue weighted by Crippen LogP contribution is -2.46. The molecule has 1 heterocycles. The van der Waals surface area contributed by atoms with Gasteiger partial charge < -0.3 is 15.2 Å². The van der Waals surface area contributed by atoms with Crippen molar-refractivity contribution < 1.29 is 24.2 Å². The van der Waals surface area contributed by atoms with Gasteiger partial charge in [-0.15, -0.1) is 0 Å². The van der Waals surface area contributed by atoms with E-state index < -0.39 is 12.0 Å². The molecule has 3 N–H and O–H groups in total. The first-order valence-electron chi connectivity index (χ1n) is 6.89. The van der Waals surface area contributed by atoms with E-state index in [2.05, 4.69) is 10.6 Å². The number of nitrogens with one attached hydrogen (secondary N) is 2. The summed E-state index contributed by atoms with van der Waals surface area (Å²) in [7, 11) is 0. The van der Waals surface area contributed by atoms with Crippen molar-refractivity contribution in [3.05, 3.63) is 0 Å². The average Bonchev–Trinajstić information content (AvgIpc) is 2.88. The molecule has 3 amide bonds. The standard InChI is InChI=1S/C13H22N2O5/c1-9(10-6-7-20-8-10)14-13(19)15-11(16)4-2-3-5-12(17)18/h9-10H,2-8H2,1H3,(H,17,18)(H2,14,15,16,19). The predicted molar refractivity (Wildman–Crippen MR) is 71.2 cm³/mol. The molecule has 0 aromatic carbocycles. The van der Waals surface area contributed by atoms with Crippen LogP contribution in [-0.2, 0) is 14.3 Å².